The van der Waals surface area contributed by atoms with Crippen LogP contribution in [0, 0.1) is 0 Å². The van der Waals surface area contributed by atoms with Crippen molar-refractivity contribution in [1.82, 2.24) is 4.90 Å². The Morgan fingerprint density at radius 3 is 2.38 bits per heavy atom. The van der Waals surface area contributed by atoms with Gasteiger partial charge in [0.2, 0.25) is 5.91 Å². The highest BCUT2D eigenvalue weighted by molar-refractivity contribution is 5.76. The van der Waals surface area contributed by atoms with Crippen LogP contribution in [-0.2, 0) is 4.79 Å². The molecule has 0 rings (SSSR count). The zero-order valence-corrected chi connectivity index (χ0v) is 9.68. The summed E-state index contributed by atoms with van der Waals surface area (Å²) in [5.74, 6) is -0.475. The van der Waals surface area contributed by atoms with Crippen molar-refractivity contribution in [2.45, 2.75) is 45.3 Å². The van der Waals surface area contributed by atoms with Crippen molar-refractivity contribution in [2.24, 2.45) is 5.73 Å². The molecule has 1 unspecified atom stereocenters. The lowest BCUT2D eigenvalue weighted by molar-refractivity contribution is -0.161. The van der Waals surface area contributed by atoms with Gasteiger partial charge in [0.1, 0.15) is 6.54 Å². The molecule has 16 heavy (non-hydrogen) atoms. The van der Waals surface area contributed by atoms with Gasteiger partial charge in [-0.1, -0.05) is 6.92 Å². The molecular weight excluding hydrogens is 221 g/mol. The number of carbonyl (C=O) groups is 1. The standard InChI is InChI=1S/C10H19F3N2O/c1-3-6-15(7-10(11,12)13)9(16)5-4-8(2)14/h8H,3-7,14H2,1-2H3. The number of rotatable bonds is 6. The monoisotopic (exact) mass is 240 g/mol. The minimum atomic E-state index is -4.33. The SMILES string of the molecule is CCCN(CC(F)(F)F)C(=O)CCC(C)N. The molecule has 0 aromatic rings. The van der Waals surface area contributed by atoms with E-state index < -0.39 is 18.6 Å². The Kier molecular flexibility index (Phi) is 6.40. The molecule has 0 fully saturated rings. The van der Waals surface area contributed by atoms with Gasteiger partial charge in [-0.05, 0) is 19.8 Å². The molecule has 0 aromatic carbocycles. The van der Waals surface area contributed by atoms with E-state index in [-0.39, 0.29) is 19.0 Å². The lowest BCUT2D eigenvalue weighted by Gasteiger charge is -2.23. The number of alkyl halides is 3. The largest absolute Gasteiger partial charge is 0.406 e. The summed E-state index contributed by atoms with van der Waals surface area (Å²) >= 11 is 0. The molecule has 0 spiro atoms. The minimum absolute atomic E-state index is 0.0771. The molecule has 2 N–H and O–H groups in total. The third kappa shape index (κ3) is 7.50. The van der Waals surface area contributed by atoms with E-state index in [1.165, 1.54) is 0 Å². The highest BCUT2D eigenvalue weighted by atomic mass is 19.4. The summed E-state index contributed by atoms with van der Waals surface area (Å²) in [5.41, 5.74) is 5.45. The topological polar surface area (TPSA) is 46.3 Å². The number of hydrogen-bond donors (Lipinski definition) is 1. The van der Waals surface area contributed by atoms with Crippen molar-refractivity contribution in [3.05, 3.63) is 0 Å². The molecule has 0 aromatic heterocycles. The van der Waals surface area contributed by atoms with Crippen LogP contribution in [-0.4, -0.2) is 36.1 Å². The third-order valence-corrected chi connectivity index (χ3v) is 2.03. The predicted molar refractivity (Wildman–Crippen MR) is 55.8 cm³/mol. The van der Waals surface area contributed by atoms with Crippen molar-refractivity contribution in [3.63, 3.8) is 0 Å². The number of nitrogens with zero attached hydrogens (tertiary/aromatic N) is 1. The summed E-state index contributed by atoms with van der Waals surface area (Å²) in [5, 5.41) is 0. The Bertz CT molecular complexity index is 217. The maximum Gasteiger partial charge on any atom is 0.406 e. The molecule has 0 saturated carbocycles. The first-order chi connectivity index (χ1) is 7.26. The lowest BCUT2D eigenvalue weighted by Crippen LogP contribution is -2.39. The van der Waals surface area contributed by atoms with Gasteiger partial charge in [-0.25, -0.2) is 0 Å². The maximum atomic E-state index is 12.2. The Morgan fingerprint density at radius 2 is 2.00 bits per heavy atom. The van der Waals surface area contributed by atoms with Gasteiger partial charge >= 0.3 is 6.18 Å². The van der Waals surface area contributed by atoms with Crippen LogP contribution in [0.2, 0.25) is 0 Å². The van der Waals surface area contributed by atoms with Crippen LogP contribution >= 0.6 is 0 Å². The van der Waals surface area contributed by atoms with Crippen LogP contribution in [0.5, 0.6) is 0 Å². The summed E-state index contributed by atoms with van der Waals surface area (Å²) in [7, 11) is 0. The fraction of sp³-hybridized carbons (Fsp3) is 0.900. The number of carbonyl (C=O) groups excluding carboxylic acids is 1. The van der Waals surface area contributed by atoms with E-state index in [0.29, 0.717) is 12.8 Å². The number of amides is 1. The number of hydrogen-bond acceptors (Lipinski definition) is 2. The van der Waals surface area contributed by atoms with E-state index in [1.54, 1.807) is 13.8 Å². The fourth-order valence-corrected chi connectivity index (χ4v) is 1.29. The van der Waals surface area contributed by atoms with Crippen molar-refractivity contribution in [1.29, 1.82) is 0 Å². The van der Waals surface area contributed by atoms with Gasteiger partial charge in [-0.15, -0.1) is 0 Å². The summed E-state index contributed by atoms with van der Waals surface area (Å²) < 4.78 is 36.5. The molecule has 3 nitrogen and oxygen atoms in total. The van der Waals surface area contributed by atoms with Crippen molar-refractivity contribution >= 4 is 5.91 Å². The van der Waals surface area contributed by atoms with Crippen LogP contribution in [0.25, 0.3) is 0 Å². The van der Waals surface area contributed by atoms with Gasteiger partial charge in [0.15, 0.2) is 0 Å². The fourth-order valence-electron chi connectivity index (χ4n) is 1.29. The number of halogens is 3. The quantitative estimate of drug-likeness (QED) is 0.771. The van der Waals surface area contributed by atoms with Crippen molar-refractivity contribution < 1.29 is 18.0 Å². The van der Waals surface area contributed by atoms with Gasteiger partial charge in [0.05, 0.1) is 0 Å². The molecular formula is C10H19F3N2O. The van der Waals surface area contributed by atoms with Gasteiger partial charge in [-0.3, -0.25) is 4.79 Å². The molecule has 1 atom stereocenters. The highest BCUT2D eigenvalue weighted by Gasteiger charge is 2.32. The third-order valence-electron chi connectivity index (χ3n) is 2.03. The zero-order chi connectivity index (χ0) is 12.8. The minimum Gasteiger partial charge on any atom is -0.334 e. The molecule has 0 radical (unpaired) electrons. The molecule has 0 aliphatic rings. The van der Waals surface area contributed by atoms with Crippen LogP contribution < -0.4 is 5.73 Å². The Balaban J connectivity index is 4.24. The van der Waals surface area contributed by atoms with Crippen LogP contribution in [0.3, 0.4) is 0 Å². The maximum absolute atomic E-state index is 12.2. The molecule has 0 heterocycles. The Hall–Kier alpha value is -0.780. The molecule has 96 valence electrons. The van der Waals surface area contributed by atoms with Gasteiger partial charge < -0.3 is 10.6 Å². The number of nitrogens with two attached hydrogens (primary N) is 1. The predicted octanol–water partition coefficient (Wildman–Crippen LogP) is 1.91. The van der Waals surface area contributed by atoms with Gasteiger partial charge in [0, 0.05) is 19.0 Å². The smallest absolute Gasteiger partial charge is 0.334 e. The first-order valence-electron chi connectivity index (χ1n) is 5.36. The van der Waals surface area contributed by atoms with Gasteiger partial charge in [-0.2, -0.15) is 13.2 Å². The average molecular weight is 240 g/mol. The molecule has 0 aliphatic carbocycles. The van der Waals surface area contributed by atoms with Crippen molar-refractivity contribution in [2.75, 3.05) is 13.1 Å². The lowest BCUT2D eigenvalue weighted by atomic mass is 10.2. The average Bonchev–Trinajstić information content (AvgIpc) is 2.11. The zero-order valence-electron chi connectivity index (χ0n) is 9.68. The first kappa shape index (κ1) is 15.2. The van der Waals surface area contributed by atoms with Crippen LogP contribution in [0.15, 0.2) is 0 Å². The summed E-state index contributed by atoms with van der Waals surface area (Å²) in [6.07, 6.45) is -3.33. The van der Waals surface area contributed by atoms with Gasteiger partial charge in [0.25, 0.3) is 0 Å². The second-order valence-corrected chi connectivity index (χ2v) is 3.95. The van der Waals surface area contributed by atoms with E-state index in [9.17, 15) is 18.0 Å². The van der Waals surface area contributed by atoms with Crippen LogP contribution in [0.1, 0.15) is 33.1 Å². The molecule has 0 aliphatic heterocycles. The van der Waals surface area contributed by atoms with E-state index in [0.717, 1.165) is 4.90 Å². The molecule has 6 heteroatoms. The van der Waals surface area contributed by atoms with E-state index in [1.807, 2.05) is 0 Å². The van der Waals surface area contributed by atoms with Crippen molar-refractivity contribution in [3.8, 4) is 0 Å². The first-order valence-corrected chi connectivity index (χ1v) is 5.36. The second kappa shape index (κ2) is 6.73. The van der Waals surface area contributed by atoms with E-state index >= 15 is 0 Å². The molecule has 1 amide bonds. The summed E-state index contributed by atoms with van der Waals surface area (Å²) in [6.45, 7) is 2.43. The summed E-state index contributed by atoms with van der Waals surface area (Å²) in [6, 6.07) is -0.168. The molecule has 0 saturated heterocycles. The Morgan fingerprint density at radius 1 is 1.44 bits per heavy atom. The van der Waals surface area contributed by atoms with E-state index in [4.69, 9.17) is 5.73 Å². The Labute approximate surface area is 93.8 Å². The van der Waals surface area contributed by atoms with E-state index in [2.05, 4.69) is 0 Å². The normalized spacial score (nSPS) is 13.6. The molecule has 0 bridgehead atoms. The van der Waals surface area contributed by atoms with Crippen LogP contribution in [0.4, 0.5) is 13.2 Å². The highest BCUT2D eigenvalue weighted by Crippen LogP contribution is 2.17. The second-order valence-electron chi connectivity index (χ2n) is 3.95. The summed E-state index contributed by atoms with van der Waals surface area (Å²) in [4.78, 5) is 12.3.